The molecule has 0 aliphatic carbocycles. The molecule has 0 saturated carbocycles. The summed E-state index contributed by atoms with van der Waals surface area (Å²) in [4.78, 5) is 7.29. The van der Waals surface area contributed by atoms with Crippen LogP contribution in [0, 0.1) is 6.92 Å². The van der Waals surface area contributed by atoms with Gasteiger partial charge in [-0.25, -0.2) is 9.97 Å². The highest BCUT2D eigenvalue weighted by atomic mass is 35.5. The van der Waals surface area contributed by atoms with Crippen molar-refractivity contribution >= 4 is 59.1 Å². The lowest BCUT2D eigenvalue weighted by atomic mass is 9.80. The van der Waals surface area contributed by atoms with E-state index in [0.29, 0.717) is 10.3 Å². The number of aryl methyl sites for hydroxylation is 1. The number of halogens is 10. The van der Waals surface area contributed by atoms with Gasteiger partial charge in [0.05, 0.1) is 11.0 Å². The van der Waals surface area contributed by atoms with Gasteiger partial charge in [-0.3, -0.25) is 0 Å². The van der Waals surface area contributed by atoms with Crippen molar-refractivity contribution in [1.29, 1.82) is 0 Å². The maximum atomic E-state index is 12.2. The van der Waals surface area contributed by atoms with Gasteiger partial charge in [-0.1, -0.05) is 59.6 Å². The largest absolute Gasteiger partial charge is 0.492 e. The SMILES string of the molecule is C=C(B(O)O)C(F)(F)F.C=C(c1cc(Cl)nc(Cl)c1)C(F)(F)F.Cc1cc(Cl)nc(Cl)c1. The van der Waals surface area contributed by atoms with Crippen LogP contribution in [0.4, 0.5) is 26.3 Å². The Balaban J connectivity index is 0.000000470. The number of aromatic nitrogens is 2. The lowest BCUT2D eigenvalue weighted by Crippen LogP contribution is -2.26. The van der Waals surface area contributed by atoms with E-state index in [1.54, 1.807) is 12.1 Å². The Morgan fingerprint density at radius 2 is 1.12 bits per heavy atom. The first-order valence-electron chi connectivity index (χ1n) is 7.86. The van der Waals surface area contributed by atoms with E-state index < -0.39 is 30.5 Å². The number of hydrogen-bond donors (Lipinski definition) is 2. The third-order valence-electron chi connectivity index (χ3n) is 3.04. The number of allylic oxidation sites excluding steroid dienone is 2. The van der Waals surface area contributed by atoms with Crippen LogP contribution in [-0.2, 0) is 0 Å². The fourth-order valence-electron chi connectivity index (χ4n) is 1.53. The second-order valence-electron chi connectivity index (χ2n) is 5.66. The van der Waals surface area contributed by atoms with Crippen LogP contribution < -0.4 is 0 Å². The van der Waals surface area contributed by atoms with Crippen LogP contribution in [-0.4, -0.2) is 39.5 Å². The Hall–Kier alpha value is -1.50. The quantitative estimate of drug-likeness (QED) is 0.249. The molecule has 4 nitrogen and oxygen atoms in total. The number of alkyl halides is 6. The van der Waals surface area contributed by atoms with Crippen molar-refractivity contribution in [3.63, 3.8) is 0 Å². The number of pyridine rings is 2. The van der Waals surface area contributed by atoms with Gasteiger partial charge in [-0.2, -0.15) is 26.3 Å². The average Bonchev–Trinajstić information content (AvgIpc) is 2.57. The van der Waals surface area contributed by atoms with Crippen molar-refractivity contribution in [3.05, 3.63) is 74.6 Å². The molecule has 0 spiro atoms. The summed E-state index contributed by atoms with van der Waals surface area (Å²) in [5.41, 5.74) is -1.70. The van der Waals surface area contributed by atoms with Crippen LogP contribution in [0.3, 0.4) is 0 Å². The standard InChI is InChI=1S/C8H4Cl2F3N.C6H5Cl2N.C3H4BF3O2/c1-4(8(11,12)13)5-2-6(9)14-7(10)3-5;1-4-2-5(7)9-6(8)3-4;1-2(4(8)9)3(5,6)7/h2-3H,1H2;2-3H,1H3;8-9H,1H2. The molecule has 0 radical (unpaired) electrons. The minimum atomic E-state index is -4.71. The van der Waals surface area contributed by atoms with Gasteiger partial charge in [0.1, 0.15) is 20.6 Å². The zero-order valence-electron chi connectivity index (χ0n) is 15.9. The number of nitrogens with zero attached hydrogens (tertiary/aromatic N) is 2. The smallest absolute Gasteiger partial charge is 0.423 e. The van der Waals surface area contributed by atoms with Crippen molar-refractivity contribution in [2.75, 3.05) is 0 Å². The summed E-state index contributed by atoms with van der Waals surface area (Å²) in [5, 5.41) is 16.5. The van der Waals surface area contributed by atoms with E-state index in [1.165, 1.54) is 0 Å². The predicted octanol–water partition coefficient (Wildman–Crippen LogP) is 6.78. The molecule has 2 heterocycles. The van der Waals surface area contributed by atoms with Crippen molar-refractivity contribution < 1.29 is 36.4 Å². The van der Waals surface area contributed by atoms with Crippen LogP contribution in [0.5, 0.6) is 0 Å². The molecule has 0 unspecified atom stereocenters. The Morgan fingerprint density at radius 3 is 1.34 bits per heavy atom. The molecule has 2 N–H and O–H groups in total. The summed E-state index contributed by atoms with van der Waals surface area (Å²) in [6.45, 7) is 7.22. The van der Waals surface area contributed by atoms with Gasteiger partial charge < -0.3 is 10.0 Å². The molecule has 0 aromatic carbocycles. The molecule has 0 aliphatic heterocycles. The predicted molar refractivity (Wildman–Crippen MR) is 114 cm³/mol. The van der Waals surface area contributed by atoms with Crippen LogP contribution >= 0.6 is 46.4 Å². The summed E-state index contributed by atoms with van der Waals surface area (Å²) in [7, 11) is -2.51. The number of hydrogen-bond acceptors (Lipinski definition) is 4. The van der Waals surface area contributed by atoms with Crippen molar-refractivity contribution in [2.45, 2.75) is 19.3 Å². The van der Waals surface area contributed by atoms with E-state index in [1.807, 2.05) is 6.92 Å². The van der Waals surface area contributed by atoms with Gasteiger partial charge in [0, 0.05) is 0 Å². The second kappa shape index (κ2) is 12.7. The highest BCUT2D eigenvalue weighted by Crippen LogP contribution is 2.33. The van der Waals surface area contributed by atoms with Crippen LogP contribution in [0.1, 0.15) is 11.1 Å². The lowest BCUT2D eigenvalue weighted by Gasteiger charge is -2.10. The van der Waals surface area contributed by atoms with Gasteiger partial charge in [-0.05, 0) is 42.3 Å². The molecule has 0 saturated heterocycles. The minimum absolute atomic E-state index is 0.0992. The van der Waals surface area contributed by atoms with Crippen molar-refractivity contribution in [1.82, 2.24) is 9.97 Å². The van der Waals surface area contributed by atoms with Gasteiger partial charge in [0.2, 0.25) is 0 Å². The molecule has 32 heavy (non-hydrogen) atoms. The van der Waals surface area contributed by atoms with Crippen molar-refractivity contribution in [2.24, 2.45) is 0 Å². The maximum absolute atomic E-state index is 12.2. The zero-order valence-corrected chi connectivity index (χ0v) is 18.9. The third kappa shape index (κ3) is 11.9. The fraction of sp³-hybridized carbons (Fsp3) is 0.176. The number of rotatable bonds is 2. The van der Waals surface area contributed by atoms with Crippen LogP contribution in [0.15, 0.2) is 42.9 Å². The average molecular weight is 544 g/mol. The van der Waals surface area contributed by atoms with E-state index in [-0.39, 0.29) is 15.9 Å². The zero-order chi connectivity index (χ0) is 25.4. The highest BCUT2D eigenvalue weighted by molar-refractivity contribution is 6.51. The van der Waals surface area contributed by atoms with E-state index in [0.717, 1.165) is 17.7 Å². The Morgan fingerprint density at radius 1 is 0.781 bits per heavy atom. The highest BCUT2D eigenvalue weighted by Gasteiger charge is 2.38. The topological polar surface area (TPSA) is 66.2 Å². The van der Waals surface area contributed by atoms with Gasteiger partial charge in [0.15, 0.2) is 0 Å². The normalized spacial score (nSPS) is 10.9. The molecule has 2 rings (SSSR count). The molecule has 0 aliphatic rings. The van der Waals surface area contributed by atoms with Crippen molar-refractivity contribution in [3.8, 4) is 0 Å². The summed E-state index contributed by atoms with van der Waals surface area (Å²) in [5.74, 6) is 0. The molecule has 15 heteroatoms. The summed E-state index contributed by atoms with van der Waals surface area (Å²) >= 11 is 22.0. The van der Waals surface area contributed by atoms with E-state index in [9.17, 15) is 26.3 Å². The van der Waals surface area contributed by atoms with Gasteiger partial charge in [0.25, 0.3) is 0 Å². The maximum Gasteiger partial charge on any atom is 0.492 e. The van der Waals surface area contributed by atoms with Crippen LogP contribution in [0.2, 0.25) is 20.6 Å². The second-order valence-corrected chi connectivity index (χ2v) is 7.21. The molecule has 0 bridgehead atoms. The third-order valence-corrected chi connectivity index (χ3v) is 3.81. The van der Waals surface area contributed by atoms with Crippen LogP contribution in [0.25, 0.3) is 5.57 Å². The lowest BCUT2D eigenvalue weighted by molar-refractivity contribution is -0.0871. The molecule has 2 aromatic rings. The van der Waals surface area contributed by atoms with Gasteiger partial charge in [-0.15, -0.1) is 0 Å². The Bertz CT molecular complexity index is 885. The molecule has 0 amide bonds. The van der Waals surface area contributed by atoms with E-state index in [4.69, 9.17) is 56.5 Å². The first-order valence-corrected chi connectivity index (χ1v) is 9.37. The Labute approximate surface area is 199 Å². The summed E-state index contributed by atoms with van der Waals surface area (Å²) in [6.07, 6.45) is -9.21. The molecular formula is C17H13BCl4F6N2O2. The summed E-state index contributed by atoms with van der Waals surface area (Å²) in [6, 6.07) is 5.63. The molecule has 0 atom stereocenters. The van der Waals surface area contributed by atoms with Gasteiger partial charge >= 0.3 is 19.5 Å². The summed E-state index contributed by atoms with van der Waals surface area (Å²) < 4.78 is 70.4. The molecule has 0 fully saturated rings. The first-order chi connectivity index (χ1) is 14.3. The molecular weight excluding hydrogens is 531 g/mol. The first kappa shape index (κ1) is 30.5. The molecule has 176 valence electrons. The minimum Gasteiger partial charge on any atom is -0.423 e. The Kier molecular flexibility index (Phi) is 12.1. The monoisotopic (exact) mass is 542 g/mol. The van der Waals surface area contributed by atoms with E-state index in [2.05, 4.69) is 23.1 Å². The van der Waals surface area contributed by atoms with E-state index >= 15 is 0 Å². The fourth-order valence-corrected chi connectivity index (χ4v) is 2.56. The molecule has 2 aromatic heterocycles.